The van der Waals surface area contributed by atoms with E-state index in [9.17, 15) is 0 Å². The van der Waals surface area contributed by atoms with E-state index in [1.54, 1.807) is 0 Å². The highest BCUT2D eigenvalue weighted by Gasteiger charge is 2.16. The van der Waals surface area contributed by atoms with Gasteiger partial charge in [-0.1, -0.05) is 48.5 Å². The van der Waals surface area contributed by atoms with Gasteiger partial charge in [0.2, 0.25) is 0 Å². The minimum Gasteiger partial charge on any atom is -0.378 e. The van der Waals surface area contributed by atoms with E-state index in [-0.39, 0.29) is 0 Å². The van der Waals surface area contributed by atoms with E-state index in [0.29, 0.717) is 0 Å². The van der Waals surface area contributed by atoms with Crippen LogP contribution in [0.5, 0.6) is 0 Å². The molecule has 0 atom stereocenters. The minimum atomic E-state index is 0.752. The fraction of sp³-hybridized carbons (Fsp3) is 0.172. The van der Waals surface area contributed by atoms with E-state index in [1.165, 1.54) is 55.0 Å². The molecule has 0 amide bonds. The van der Waals surface area contributed by atoms with Crippen LogP contribution in [-0.4, -0.2) is 37.3 Å². The Morgan fingerprint density at radius 1 is 0.485 bits per heavy atom. The first kappa shape index (κ1) is 19.7. The van der Waals surface area contributed by atoms with Crippen molar-refractivity contribution in [2.24, 2.45) is 0 Å². The van der Waals surface area contributed by atoms with Gasteiger partial charge in [-0.05, 0) is 36.4 Å². The molecule has 0 saturated heterocycles. The maximum Gasteiger partial charge on any atom is 0.100 e. The van der Waals surface area contributed by atoms with Gasteiger partial charge >= 0.3 is 0 Å². The van der Waals surface area contributed by atoms with Gasteiger partial charge in [-0.2, -0.15) is 0 Å². The monoisotopic (exact) mass is 432 g/mol. The quantitative estimate of drug-likeness (QED) is 0.314. The fourth-order valence-corrected chi connectivity index (χ4v) is 5.08. The van der Waals surface area contributed by atoms with Crippen LogP contribution in [0, 0.1) is 0 Å². The molecule has 33 heavy (non-hydrogen) atoms. The zero-order valence-electron chi connectivity index (χ0n) is 19.6. The molecule has 0 saturated carbocycles. The van der Waals surface area contributed by atoms with Crippen molar-refractivity contribution in [1.29, 1.82) is 0 Å². The molecule has 0 aliphatic carbocycles. The van der Waals surface area contributed by atoms with Crippen LogP contribution in [0.1, 0.15) is 0 Å². The van der Waals surface area contributed by atoms with Gasteiger partial charge in [-0.25, -0.2) is 0 Å². The highest BCUT2D eigenvalue weighted by atomic mass is 15.2. The minimum absolute atomic E-state index is 0.752. The second-order valence-corrected chi connectivity index (χ2v) is 9.22. The van der Waals surface area contributed by atoms with Crippen molar-refractivity contribution < 1.29 is 0 Å². The molecule has 4 aromatic carbocycles. The van der Waals surface area contributed by atoms with Crippen LogP contribution in [-0.2, 0) is 6.67 Å². The number of fused-ring (bicyclic) bond motifs is 6. The van der Waals surface area contributed by atoms with Gasteiger partial charge in [0.1, 0.15) is 6.67 Å². The highest BCUT2D eigenvalue weighted by molar-refractivity contribution is 6.10. The van der Waals surface area contributed by atoms with Crippen LogP contribution in [0.15, 0.2) is 84.9 Å². The molecule has 6 aromatic rings. The molecule has 0 fully saturated rings. The van der Waals surface area contributed by atoms with Gasteiger partial charge in [0, 0.05) is 61.1 Å². The Morgan fingerprint density at radius 3 is 1.30 bits per heavy atom. The lowest BCUT2D eigenvalue weighted by molar-refractivity contribution is 0.682. The Balaban J connectivity index is 1.67. The molecule has 0 spiro atoms. The third kappa shape index (κ3) is 2.98. The molecule has 2 aromatic heterocycles. The summed E-state index contributed by atoms with van der Waals surface area (Å²) < 4.78 is 4.93. The van der Waals surface area contributed by atoms with Crippen LogP contribution < -0.4 is 9.80 Å². The van der Waals surface area contributed by atoms with Crippen LogP contribution in [0.3, 0.4) is 0 Å². The van der Waals surface area contributed by atoms with Crippen molar-refractivity contribution >= 4 is 55.0 Å². The molecular weight excluding hydrogens is 404 g/mol. The van der Waals surface area contributed by atoms with Gasteiger partial charge in [-0.15, -0.1) is 0 Å². The Bertz CT molecular complexity index is 1530. The first-order valence-corrected chi connectivity index (χ1v) is 11.4. The highest BCUT2D eigenvalue weighted by Crippen LogP contribution is 2.35. The Hall–Kier alpha value is -3.92. The summed E-state index contributed by atoms with van der Waals surface area (Å²) in [6.07, 6.45) is 0. The summed E-state index contributed by atoms with van der Waals surface area (Å²) in [5.74, 6) is 0. The summed E-state index contributed by atoms with van der Waals surface area (Å²) in [6.45, 7) is 0.752. The second-order valence-electron chi connectivity index (χ2n) is 9.22. The van der Waals surface area contributed by atoms with Crippen molar-refractivity contribution in [3.63, 3.8) is 0 Å². The lowest BCUT2D eigenvalue weighted by Crippen LogP contribution is -2.11. The molecule has 0 bridgehead atoms. The number of hydrogen-bond donors (Lipinski definition) is 0. The molecule has 4 nitrogen and oxygen atoms in total. The number of anilines is 2. The summed E-state index contributed by atoms with van der Waals surface area (Å²) in [5.41, 5.74) is 7.47. The molecule has 0 unspecified atom stereocenters. The third-order valence-corrected chi connectivity index (χ3v) is 6.83. The molecular formula is C29H28N4. The standard InChI is InChI=1S/C29H28N4/c1-30(2)20-13-15-24-22-9-5-7-11-26(22)32(28(24)17-20)19-33-27-12-8-6-10-23(27)25-16-14-21(31(3)4)18-29(25)33/h5-18H,19H2,1-4H3. The Kier molecular flexibility index (Phi) is 4.37. The Labute approximate surface area is 193 Å². The lowest BCUT2D eigenvalue weighted by atomic mass is 10.1. The molecule has 0 N–H and O–H groups in total. The zero-order chi connectivity index (χ0) is 22.7. The Morgan fingerprint density at radius 2 is 0.879 bits per heavy atom. The topological polar surface area (TPSA) is 16.3 Å². The molecule has 6 rings (SSSR count). The van der Waals surface area contributed by atoms with Crippen LogP contribution >= 0.6 is 0 Å². The number of aromatic nitrogens is 2. The molecule has 0 aliphatic rings. The number of rotatable bonds is 4. The summed E-state index contributed by atoms with van der Waals surface area (Å²) in [5, 5.41) is 5.19. The summed E-state index contributed by atoms with van der Waals surface area (Å²) in [4.78, 5) is 4.34. The number of hydrogen-bond acceptors (Lipinski definition) is 2. The van der Waals surface area contributed by atoms with Gasteiger partial charge in [-0.3, -0.25) is 0 Å². The van der Waals surface area contributed by atoms with Crippen molar-refractivity contribution in [1.82, 2.24) is 9.13 Å². The second kappa shape index (κ2) is 7.31. The van der Waals surface area contributed by atoms with Gasteiger partial charge in [0.05, 0.1) is 22.1 Å². The normalized spacial score (nSPS) is 11.8. The molecule has 2 heterocycles. The van der Waals surface area contributed by atoms with Crippen molar-refractivity contribution in [2.45, 2.75) is 6.67 Å². The molecule has 164 valence electrons. The van der Waals surface area contributed by atoms with Crippen LogP contribution in [0.2, 0.25) is 0 Å². The first-order chi connectivity index (χ1) is 16.0. The van der Waals surface area contributed by atoms with Crippen LogP contribution in [0.4, 0.5) is 11.4 Å². The predicted molar refractivity (Wildman–Crippen MR) is 143 cm³/mol. The third-order valence-electron chi connectivity index (χ3n) is 6.83. The van der Waals surface area contributed by atoms with E-state index < -0.39 is 0 Å². The summed E-state index contributed by atoms with van der Waals surface area (Å²) >= 11 is 0. The maximum absolute atomic E-state index is 2.46. The van der Waals surface area contributed by atoms with Gasteiger partial charge in [0.15, 0.2) is 0 Å². The summed E-state index contributed by atoms with van der Waals surface area (Å²) in [6, 6.07) is 31.1. The number of nitrogens with zero attached hydrogens (tertiary/aromatic N) is 4. The van der Waals surface area contributed by atoms with Crippen molar-refractivity contribution in [3.8, 4) is 0 Å². The average Bonchev–Trinajstić information content (AvgIpc) is 3.32. The van der Waals surface area contributed by atoms with E-state index in [0.717, 1.165) is 6.67 Å². The van der Waals surface area contributed by atoms with Crippen molar-refractivity contribution in [2.75, 3.05) is 38.0 Å². The maximum atomic E-state index is 2.46. The van der Waals surface area contributed by atoms with Crippen LogP contribution in [0.25, 0.3) is 43.6 Å². The first-order valence-electron chi connectivity index (χ1n) is 11.4. The van der Waals surface area contributed by atoms with E-state index >= 15 is 0 Å². The number of benzene rings is 4. The van der Waals surface area contributed by atoms with Crippen molar-refractivity contribution in [3.05, 3.63) is 84.9 Å². The lowest BCUT2D eigenvalue weighted by Gasteiger charge is -2.16. The van der Waals surface area contributed by atoms with Gasteiger partial charge in [0.25, 0.3) is 0 Å². The number of para-hydroxylation sites is 2. The van der Waals surface area contributed by atoms with Gasteiger partial charge < -0.3 is 18.9 Å². The average molecular weight is 433 g/mol. The SMILES string of the molecule is CN(C)c1ccc2c3ccccc3n(Cn3c4ccccc4c4ccc(N(C)C)cc43)c2c1. The fourth-order valence-electron chi connectivity index (χ4n) is 5.08. The largest absolute Gasteiger partial charge is 0.378 e. The predicted octanol–water partition coefficient (Wildman–Crippen LogP) is 6.54. The molecule has 4 heteroatoms. The molecule has 0 aliphatic heterocycles. The van der Waals surface area contributed by atoms with E-state index in [2.05, 4.69) is 132 Å². The summed E-state index contributed by atoms with van der Waals surface area (Å²) in [7, 11) is 8.40. The molecule has 0 radical (unpaired) electrons. The smallest absolute Gasteiger partial charge is 0.100 e. The zero-order valence-corrected chi connectivity index (χ0v) is 19.6. The van der Waals surface area contributed by atoms with E-state index in [4.69, 9.17) is 0 Å². The van der Waals surface area contributed by atoms with E-state index in [1.807, 2.05) is 0 Å².